The van der Waals surface area contributed by atoms with Gasteiger partial charge < -0.3 is 0 Å². The minimum atomic E-state index is 0.358. The SMILES string of the molecule is N#Cc1c2ccccc2cc2c(-c3nc(-c4ccccc4)nc(-c4ccc(C56C[C@H]7C[C@H](C5)C[C@@H](C6)C7)cc4)n3)cccc12. The molecule has 0 N–H and O–H groups in total. The first-order valence-electron chi connectivity index (χ1n) is 15.9. The smallest absolute Gasteiger partial charge is 0.164 e. The molecule has 1 aromatic heterocycles. The number of aromatic nitrogens is 3. The van der Waals surface area contributed by atoms with Crippen molar-refractivity contribution >= 4 is 21.5 Å². The Hall–Kier alpha value is -4.88. The van der Waals surface area contributed by atoms with E-state index < -0.39 is 0 Å². The molecule has 0 aliphatic heterocycles. The summed E-state index contributed by atoms with van der Waals surface area (Å²) in [4.78, 5) is 15.1. The Bertz CT molecular complexity index is 2070. The van der Waals surface area contributed by atoms with Crippen LogP contribution in [0, 0.1) is 29.1 Å². The van der Waals surface area contributed by atoms with Crippen molar-refractivity contribution in [3.05, 3.63) is 114 Å². The van der Waals surface area contributed by atoms with Gasteiger partial charge in [-0.2, -0.15) is 5.26 Å². The summed E-state index contributed by atoms with van der Waals surface area (Å²) in [6.07, 6.45) is 8.42. The van der Waals surface area contributed by atoms with Crippen LogP contribution in [0.4, 0.5) is 0 Å². The molecule has 0 amide bonds. The monoisotopic (exact) mass is 568 g/mol. The molecule has 0 unspecified atom stereocenters. The van der Waals surface area contributed by atoms with Gasteiger partial charge in [0.25, 0.3) is 0 Å². The van der Waals surface area contributed by atoms with Gasteiger partial charge in [0.15, 0.2) is 17.5 Å². The lowest BCUT2D eigenvalue weighted by atomic mass is 9.48. The first-order chi connectivity index (χ1) is 21.7. The molecule has 0 saturated heterocycles. The molecule has 212 valence electrons. The van der Waals surface area contributed by atoms with E-state index in [1.54, 1.807) is 0 Å². The molecule has 4 bridgehead atoms. The second-order valence-corrected chi connectivity index (χ2v) is 13.4. The second kappa shape index (κ2) is 9.82. The zero-order chi connectivity index (χ0) is 29.3. The third-order valence-electron chi connectivity index (χ3n) is 10.7. The van der Waals surface area contributed by atoms with E-state index in [1.165, 1.54) is 44.1 Å². The van der Waals surface area contributed by atoms with Crippen LogP contribution in [0.5, 0.6) is 0 Å². The van der Waals surface area contributed by atoms with Gasteiger partial charge in [0.1, 0.15) is 6.07 Å². The average molecular weight is 569 g/mol. The zero-order valence-corrected chi connectivity index (χ0v) is 24.6. The zero-order valence-electron chi connectivity index (χ0n) is 24.6. The van der Waals surface area contributed by atoms with E-state index in [2.05, 4.69) is 48.5 Å². The van der Waals surface area contributed by atoms with E-state index in [4.69, 9.17) is 15.0 Å². The number of nitrogens with zero attached hydrogens (tertiary/aromatic N) is 4. The highest BCUT2D eigenvalue weighted by Crippen LogP contribution is 2.60. The molecule has 0 spiro atoms. The lowest BCUT2D eigenvalue weighted by Gasteiger charge is -2.57. The fourth-order valence-corrected chi connectivity index (χ4v) is 9.18. The van der Waals surface area contributed by atoms with Crippen LogP contribution in [-0.2, 0) is 5.41 Å². The Balaban J connectivity index is 1.19. The maximum atomic E-state index is 10.2. The van der Waals surface area contributed by atoms with Crippen LogP contribution >= 0.6 is 0 Å². The number of nitriles is 1. The number of hydrogen-bond donors (Lipinski definition) is 0. The summed E-state index contributed by atoms with van der Waals surface area (Å²) in [5, 5.41) is 14.0. The quantitative estimate of drug-likeness (QED) is 0.199. The van der Waals surface area contributed by atoms with Gasteiger partial charge in [-0.25, -0.2) is 15.0 Å². The average Bonchev–Trinajstić information content (AvgIpc) is 3.06. The molecule has 6 aromatic rings. The van der Waals surface area contributed by atoms with Crippen LogP contribution in [0.1, 0.15) is 49.7 Å². The van der Waals surface area contributed by atoms with E-state index >= 15 is 0 Å². The highest BCUT2D eigenvalue weighted by Gasteiger charge is 2.51. The van der Waals surface area contributed by atoms with Gasteiger partial charge in [0.2, 0.25) is 0 Å². The summed E-state index contributed by atoms with van der Waals surface area (Å²) in [5.74, 6) is 4.68. The predicted molar refractivity (Wildman–Crippen MR) is 176 cm³/mol. The molecule has 4 heteroatoms. The molecule has 4 fully saturated rings. The highest BCUT2D eigenvalue weighted by molar-refractivity contribution is 6.09. The third-order valence-corrected chi connectivity index (χ3v) is 10.7. The van der Waals surface area contributed by atoms with Gasteiger partial charge in [-0.15, -0.1) is 0 Å². The van der Waals surface area contributed by atoms with Gasteiger partial charge >= 0.3 is 0 Å². The lowest BCUT2D eigenvalue weighted by molar-refractivity contribution is -0.00518. The molecule has 44 heavy (non-hydrogen) atoms. The van der Waals surface area contributed by atoms with Crippen LogP contribution in [0.3, 0.4) is 0 Å². The third kappa shape index (κ3) is 4.07. The summed E-state index contributed by atoms with van der Waals surface area (Å²) in [5.41, 5.74) is 5.39. The van der Waals surface area contributed by atoms with Gasteiger partial charge in [0.05, 0.1) is 5.56 Å². The molecule has 5 aromatic carbocycles. The van der Waals surface area contributed by atoms with Gasteiger partial charge in [0, 0.05) is 27.5 Å². The lowest BCUT2D eigenvalue weighted by Crippen LogP contribution is -2.48. The minimum absolute atomic E-state index is 0.358. The van der Waals surface area contributed by atoms with Gasteiger partial charge in [-0.1, -0.05) is 97.1 Å². The maximum absolute atomic E-state index is 10.2. The van der Waals surface area contributed by atoms with Crippen LogP contribution in [0.15, 0.2) is 103 Å². The van der Waals surface area contributed by atoms with E-state index in [1.807, 2.05) is 60.7 Å². The predicted octanol–water partition coefficient (Wildman–Crippen LogP) is 9.52. The topological polar surface area (TPSA) is 62.5 Å². The molecule has 0 radical (unpaired) electrons. The van der Waals surface area contributed by atoms with Gasteiger partial charge in [-0.05, 0) is 84.1 Å². The minimum Gasteiger partial charge on any atom is -0.208 e. The fraction of sp³-hybridized carbons (Fsp3) is 0.250. The number of benzene rings is 5. The first kappa shape index (κ1) is 25.6. The highest BCUT2D eigenvalue weighted by atomic mass is 15.0. The normalized spacial score (nSPS) is 23.7. The van der Waals surface area contributed by atoms with Crippen molar-refractivity contribution < 1.29 is 0 Å². The molecule has 10 rings (SSSR count). The van der Waals surface area contributed by atoms with Crippen LogP contribution in [0.2, 0.25) is 0 Å². The molecule has 4 saturated carbocycles. The Morgan fingerprint density at radius 3 is 1.84 bits per heavy atom. The van der Waals surface area contributed by atoms with Gasteiger partial charge in [-0.3, -0.25) is 0 Å². The van der Waals surface area contributed by atoms with Crippen molar-refractivity contribution in [2.24, 2.45) is 17.8 Å². The molecule has 4 aliphatic rings. The van der Waals surface area contributed by atoms with E-state index in [0.29, 0.717) is 28.5 Å². The number of fused-ring (bicyclic) bond motifs is 2. The molecule has 1 heterocycles. The van der Waals surface area contributed by atoms with E-state index in [9.17, 15) is 5.26 Å². The summed E-state index contributed by atoms with van der Waals surface area (Å²) in [6.45, 7) is 0. The number of hydrogen-bond acceptors (Lipinski definition) is 4. The maximum Gasteiger partial charge on any atom is 0.164 e. The Kier molecular flexibility index (Phi) is 5.72. The molecule has 4 aliphatic carbocycles. The summed E-state index contributed by atoms with van der Waals surface area (Å²) >= 11 is 0. The molecular formula is C40H32N4. The first-order valence-corrected chi connectivity index (χ1v) is 15.9. The van der Waals surface area contributed by atoms with Crippen molar-refractivity contribution in [2.75, 3.05) is 0 Å². The molecule has 0 atom stereocenters. The van der Waals surface area contributed by atoms with E-state index in [0.717, 1.165) is 56.0 Å². The Morgan fingerprint density at radius 2 is 1.16 bits per heavy atom. The Labute approximate surface area is 257 Å². The van der Waals surface area contributed by atoms with Crippen molar-refractivity contribution in [3.63, 3.8) is 0 Å². The van der Waals surface area contributed by atoms with Crippen molar-refractivity contribution in [1.82, 2.24) is 15.0 Å². The van der Waals surface area contributed by atoms with Crippen molar-refractivity contribution in [1.29, 1.82) is 5.26 Å². The van der Waals surface area contributed by atoms with E-state index in [-0.39, 0.29) is 0 Å². The number of rotatable bonds is 4. The summed E-state index contributed by atoms with van der Waals surface area (Å²) < 4.78 is 0. The van der Waals surface area contributed by atoms with Crippen LogP contribution < -0.4 is 0 Å². The van der Waals surface area contributed by atoms with Crippen LogP contribution in [-0.4, -0.2) is 15.0 Å². The largest absolute Gasteiger partial charge is 0.208 e. The standard InChI is InChI=1S/C40H32N4/c41-24-36-32-10-5-4-9-30(32)20-35-33(36)11-6-12-34(35)39-43-37(28-7-2-1-3-8-28)42-38(44-39)29-13-15-31(16-14-29)40-21-25-17-26(22-40)19-27(18-25)23-40/h1-16,20,25-27H,17-19,21-23H2/t25-,26-,27-,40?. The van der Waals surface area contributed by atoms with Crippen LogP contribution in [0.25, 0.3) is 55.7 Å². The fourth-order valence-electron chi connectivity index (χ4n) is 9.18. The molecule has 4 nitrogen and oxygen atoms in total. The van der Waals surface area contributed by atoms with Crippen molar-refractivity contribution in [2.45, 2.75) is 43.9 Å². The van der Waals surface area contributed by atoms with Crippen molar-refractivity contribution in [3.8, 4) is 40.2 Å². The molecular weight excluding hydrogens is 536 g/mol. The second-order valence-electron chi connectivity index (χ2n) is 13.4. The Morgan fingerprint density at radius 1 is 0.568 bits per heavy atom. The summed E-state index contributed by atoms with van der Waals surface area (Å²) in [7, 11) is 0. The summed E-state index contributed by atoms with van der Waals surface area (Å²) in [6, 6.07) is 38.1.